The number of carbonyl (C=O) groups excluding carboxylic acids is 1. The fourth-order valence-corrected chi connectivity index (χ4v) is 2.04. The zero-order chi connectivity index (χ0) is 14.5. The van der Waals surface area contributed by atoms with E-state index >= 15 is 0 Å². The highest BCUT2D eigenvalue weighted by Crippen LogP contribution is 2.10. The van der Waals surface area contributed by atoms with Gasteiger partial charge in [-0.05, 0) is 24.6 Å². The Hall–Kier alpha value is -2.36. The maximum absolute atomic E-state index is 12.3. The minimum Gasteiger partial charge on any atom is -0.373 e. The van der Waals surface area contributed by atoms with Crippen LogP contribution in [0.4, 0.5) is 5.82 Å². The summed E-state index contributed by atoms with van der Waals surface area (Å²) in [4.78, 5) is 18.3. The van der Waals surface area contributed by atoms with Crippen molar-refractivity contribution in [2.45, 2.75) is 13.5 Å². The van der Waals surface area contributed by atoms with E-state index in [1.54, 1.807) is 25.1 Å². The topological polar surface area (TPSA) is 45.2 Å². The Labute approximate surface area is 119 Å². The molecule has 1 aromatic heterocycles. The second kappa shape index (κ2) is 6.19. The van der Waals surface area contributed by atoms with Gasteiger partial charge in [0.25, 0.3) is 5.91 Å². The zero-order valence-corrected chi connectivity index (χ0v) is 12.1. The van der Waals surface area contributed by atoms with Crippen LogP contribution in [-0.4, -0.2) is 29.9 Å². The van der Waals surface area contributed by atoms with Crippen LogP contribution in [0.3, 0.4) is 0 Å². The lowest BCUT2D eigenvalue weighted by Gasteiger charge is -2.17. The monoisotopic (exact) mass is 269 g/mol. The van der Waals surface area contributed by atoms with Crippen LogP contribution in [0.15, 0.2) is 42.5 Å². The number of hydrogen-bond donors (Lipinski definition) is 1. The number of aryl methyl sites for hydroxylation is 1. The molecule has 0 atom stereocenters. The molecule has 0 radical (unpaired) electrons. The summed E-state index contributed by atoms with van der Waals surface area (Å²) in [7, 11) is 3.57. The van der Waals surface area contributed by atoms with Gasteiger partial charge in [-0.15, -0.1) is 0 Å². The number of nitrogens with one attached hydrogen (secondary N) is 1. The van der Waals surface area contributed by atoms with Gasteiger partial charge in [0, 0.05) is 20.6 Å². The largest absolute Gasteiger partial charge is 0.373 e. The molecule has 0 bridgehead atoms. The summed E-state index contributed by atoms with van der Waals surface area (Å²) in [6.45, 7) is 2.62. The molecule has 4 nitrogen and oxygen atoms in total. The van der Waals surface area contributed by atoms with Crippen molar-refractivity contribution in [1.82, 2.24) is 9.88 Å². The first-order chi connectivity index (χ1) is 9.60. The van der Waals surface area contributed by atoms with E-state index in [9.17, 15) is 4.79 Å². The summed E-state index contributed by atoms with van der Waals surface area (Å²) >= 11 is 0. The molecule has 0 aliphatic heterocycles. The quantitative estimate of drug-likeness (QED) is 0.928. The summed E-state index contributed by atoms with van der Waals surface area (Å²) < 4.78 is 0. The number of pyridine rings is 1. The van der Waals surface area contributed by atoms with Crippen molar-refractivity contribution >= 4 is 11.7 Å². The summed E-state index contributed by atoms with van der Waals surface area (Å²) in [5, 5.41) is 2.94. The first-order valence-corrected chi connectivity index (χ1v) is 6.56. The average molecular weight is 269 g/mol. The Morgan fingerprint density at radius 1 is 1.25 bits per heavy atom. The molecule has 1 amide bonds. The number of aromatic nitrogens is 1. The third-order valence-electron chi connectivity index (χ3n) is 3.07. The van der Waals surface area contributed by atoms with Crippen LogP contribution < -0.4 is 5.32 Å². The molecular weight excluding hydrogens is 250 g/mol. The Bertz CT molecular complexity index is 610. The summed E-state index contributed by atoms with van der Waals surface area (Å²) in [6.07, 6.45) is 0. The first kappa shape index (κ1) is 14.1. The highest BCUT2D eigenvalue weighted by atomic mass is 16.2. The fraction of sp³-hybridized carbons (Fsp3) is 0.250. The molecule has 1 aromatic carbocycles. The van der Waals surface area contributed by atoms with Crippen LogP contribution in [-0.2, 0) is 6.54 Å². The Morgan fingerprint density at radius 2 is 2.00 bits per heavy atom. The van der Waals surface area contributed by atoms with E-state index in [0.29, 0.717) is 18.1 Å². The van der Waals surface area contributed by atoms with Crippen molar-refractivity contribution in [3.8, 4) is 0 Å². The number of carbonyl (C=O) groups is 1. The van der Waals surface area contributed by atoms with Gasteiger partial charge in [0.2, 0.25) is 0 Å². The van der Waals surface area contributed by atoms with Crippen molar-refractivity contribution in [1.29, 1.82) is 0 Å². The standard InChI is InChI=1S/C16H19N3O/c1-12-6-4-7-13(10-12)11-19(3)16(20)14-8-5-9-15(17-2)18-14/h4-10H,11H2,1-3H3,(H,17,18). The molecule has 0 fully saturated rings. The number of hydrogen-bond acceptors (Lipinski definition) is 3. The SMILES string of the molecule is CNc1cccc(C(=O)N(C)Cc2cccc(C)c2)n1. The zero-order valence-electron chi connectivity index (χ0n) is 12.1. The number of benzene rings is 1. The summed E-state index contributed by atoms with van der Waals surface area (Å²) in [5.41, 5.74) is 2.76. The van der Waals surface area contributed by atoms with Gasteiger partial charge in [0.05, 0.1) is 0 Å². The van der Waals surface area contributed by atoms with Crippen molar-refractivity contribution in [2.24, 2.45) is 0 Å². The lowest BCUT2D eigenvalue weighted by atomic mass is 10.1. The number of nitrogens with zero attached hydrogens (tertiary/aromatic N) is 2. The van der Waals surface area contributed by atoms with E-state index in [2.05, 4.69) is 16.4 Å². The van der Waals surface area contributed by atoms with E-state index in [-0.39, 0.29) is 5.91 Å². The number of rotatable bonds is 4. The van der Waals surface area contributed by atoms with E-state index in [1.807, 2.05) is 37.3 Å². The van der Waals surface area contributed by atoms with Gasteiger partial charge in [0.1, 0.15) is 11.5 Å². The van der Waals surface area contributed by atoms with Crippen LogP contribution in [0, 0.1) is 6.92 Å². The Balaban J connectivity index is 2.12. The molecule has 0 saturated carbocycles. The van der Waals surface area contributed by atoms with Crippen molar-refractivity contribution in [3.63, 3.8) is 0 Å². The highest BCUT2D eigenvalue weighted by molar-refractivity contribution is 5.92. The van der Waals surface area contributed by atoms with Crippen molar-refractivity contribution in [2.75, 3.05) is 19.4 Å². The van der Waals surface area contributed by atoms with Gasteiger partial charge in [-0.2, -0.15) is 0 Å². The second-order valence-electron chi connectivity index (χ2n) is 4.81. The van der Waals surface area contributed by atoms with Crippen LogP contribution >= 0.6 is 0 Å². The second-order valence-corrected chi connectivity index (χ2v) is 4.81. The predicted molar refractivity (Wildman–Crippen MR) is 80.8 cm³/mol. The first-order valence-electron chi connectivity index (χ1n) is 6.56. The van der Waals surface area contributed by atoms with E-state index in [4.69, 9.17) is 0 Å². The predicted octanol–water partition coefficient (Wildman–Crippen LogP) is 2.70. The minimum absolute atomic E-state index is 0.0800. The van der Waals surface area contributed by atoms with Crippen molar-refractivity contribution in [3.05, 3.63) is 59.3 Å². The molecule has 4 heteroatoms. The van der Waals surface area contributed by atoms with Gasteiger partial charge in [-0.3, -0.25) is 4.79 Å². The molecule has 0 aliphatic carbocycles. The molecule has 20 heavy (non-hydrogen) atoms. The Kier molecular flexibility index (Phi) is 4.35. The fourth-order valence-electron chi connectivity index (χ4n) is 2.04. The van der Waals surface area contributed by atoms with Crippen molar-refractivity contribution < 1.29 is 4.79 Å². The van der Waals surface area contributed by atoms with Crippen LogP contribution in [0.25, 0.3) is 0 Å². The Morgan fingerprint density at radius 3 is 2.70 bits per heavy atom. The minimum atomic E-state index is -0.0800. The molecule has 0 spiro atoms. The lowest BCUT2D eigenvalue weighted by Crippen LogP contribution is -2.27. The molecular formula is C16H19N3O. The molecule has 2 aromatic rings. The maximum atomic E-state index is 12.3. The third-order valence-corrected chi connectivity index (χ3v) is 3.07. The molecule has 104 valence electrons. The maximum Gasteiger partial charge on any atom is 0.272 e. The van der Waals surface area contributed by atoms with Crippen LogP contribution in [0.5, 0.6) is 0 Å². The highest BCUT2D eigenvalue weighted by Gasteiger charge is 2.13. The number of anilines is 1. The summed E-state index contributed by atoms with van der Waals surface area (Å²) in [6, 6.07) is 13.5. The van der Waals surface area contributed by atoms with Gasteiger partial charge >= 0.3 is 0 Å². The molecule has 1 N–H and O–H groups in total. The van der Waals surface area contributed by atoms with Gasteiger partial charge in [-0.1, -0.05) is 35.9 Å². The lowest BCUT2D eigenvalue weighted by molar-refractivity contribution is 0.0779. The van der Waals surface area contributed by atoms with Gasteiger partial charge in [0.15, 0.2) is 0 Å². The smallest absolute Gasteiger partial charge is 0.272 e. The molecule has 0 saturated heterocycles. The van der Waals surface area contributed by atoms with Gasteiger partial charge in [-0.25, -0.2) is 4.98 Å². The van der Waals surface area contributed by atoms with E-state index in [0.717, 1.165) is 5.56 Å². The number of amides is 1. The van der Waals surface area contributed by atoms with Crippen LogP contribution in [0.2, 0.25) is 0 Å². The average Bonchev–Trinajstić information content (AvgIpc) is 2.46. The van der Waals surface area contributed by atoms with E-state index in [1.165, 1.54) is 5.56 Å². The van der Waals surface area contributed by atoms with Gasteiger partial charge < -0.3 is 10.2 Å². The third kappa shape index (κ3) is 3.35. The molecule has 0 unspecified atom stereocenters. The van der Waals surface area contributed by atoms with Crippen LogP contribution in [0.1, 0.15) is 21.6 Å². The summed E-state index contributed by atoms with van der Waals surface area (Å²) in [5.74, 6) is 0.614. The molecule has 1 heterocycles. The molecule has 0 aliphatic rings. The van der Waals surface area contributed by atoms with E-state index < -0.39 is 0 Å². The molecule has 2 rings (SSSR count). The normalized spacial score (nSPS) is 10.2.